The van der Waals surface area contributed by atoms with Crippen molar-refractivity contribution in [3.05, 3.63) is 53.1 Å². The van der Waals surface area contributed by atoms with Gasteiger partial charge in [-0.1, -0.05) is 23.7 Å². The number of H-pyrrole nitrogens is 1. The maximum absolute atomic E-state index is 12.9. The number of carbonyl (C=O) groups excluding carboxylic acids is 1. The van der Waals surface area contributed by atoms with Gasteiger partial charge in [0.25, 0.3) is 0 Å². The number of benzene rings is 1. The number of rotatable bonds is 6. The molecule has 6 heteroatoms. The van der Waals surface area contributed by atoms with Crippen molar-refractivity contribution in [1.82, 2.24) is 14.9 Å². The molecule has 25 heavy (non-hydrogen) atoms. The standard InChI is InChI=1S/C19H24ClN3O2/c1-2-25-18(24)19(10-15-5-3-6-16(20)9-15)7-4-8-23(13-19)12-17-11-21-14-22-17/h3,5-6,9,11,14H,2,4,7-8,10,12-13H2,1H3,(H,21,22)/t19-/m0/s1. The summed E-state index contributed by atoms with van der Waals surface area (Å²) in [5, 5.41) is 0.696. The summed E-state index contributed by atoms with van der Waals surface area (Å²) in [6, 6.07) is 7.76. The smallest absolute Gasteiger partial charge is 0.313 e. The van der Waals surface area contributed by atoms with E-state index in [1.807, 2.05) is 37.4 Å². The van der Waals surface area contributed by atoms with E-state index in [-0.39, 0.29) is 5.97 Å². The molecule has 0 spiro atoms. The second-order valence-electron chi connectivity index (χ2n) is 6.70. The average molecular weight is 362 g/mol. The van der Waals surface area contributed by atoms with Gasteiger partial charge in [0.1, 0.15) is 0 Å². The molecule has 0 unspecified atom stereocenters. The predicted molar refractivity (Wildman–Crippen MR) is 97.3 cm³/mol. The molecule has 3 rings (SSSR count). The van der Waals surface area contributed by atoms with Gasteiger partial charge in [-0.3, -0.25) is 9.69 Å². The number of halogens is 1. The van der Waals surface area contributed by atoms with Crippen molar-refractivity contribution in [2.75, 3.05) is 19.7 Å². The Morgan fingerprint density at radius 1 is 1.48 bits per heavy atom. The Kier molecular flexibility index (Phi) is 5.76. The second-order valence-corrected chi connectivity index (χ2v) is 7.13. The van der Waals surface area contributed by atoms with Crippen LogP contribution in [-0.4, -0.2) is 40.5 Å². The Labute approximate surface area is 153 Å². The molecule has 134 valence electrons. The van der Waals surface area contributed by atoms with E-state index in [0.717, 1.165) is 37.2 Å². The number of likely N-dealkylation sites (tertiary alicyclic amines) is 1. The van der Waals surface area contributed by atoms with E-state index >= 15 is 0 Å². The molecular formula is C19H24ClN3O2. The van der Waals surface area contributed by atoms with Crippen molar-refractivity contribution in [1.29, 1.82) is 0 Å². The van der Waals surface area contributed by atoms with E-state index in [1.165, 1.54) is 0 Å². The lowest BCUT2D eigenvalue weighted by Gasteiger charge is -2.41. The molecular weight excluding hydrogens is 338 g/mol. The molecule has 1 aromatic heterocycles. The van der Waals surface area contributed by atoms with E-state index in [1.54, 1.807) is 6.33 Å². The number of imidazole rings is 1. The van der Waals surface area contributed by atoms with Crippen molar-refractivity contribution in [3.8, 4) is 0 Å². The van der Waals surface area contributed by atoms with Crippen LogP contribution in [0.25, 0.3) is 0 Å². The quantitative estimate of drug-likeness (QED) is 0.800. The minimum absolute atomic E-state index is 0.107. The molecule has 1 saturated heterocycles. The van der Waals surface area contributed by atoms with Crippen molar-refractivity contribution in [2.45, 2.75) is 32.7 Å². The first-order valence-corrected chi connectivity index (χ1v) is 9.10. The minimum Gasteiger partial charge on any atom is -0.466 e. The zero-order valence-electron chi connectivity index (χ0n) is 14.5. The monoisotopic (exact) mass is 361 g/mol. The SMILES string of the molecule is CCOC(=O)[C@]1(Cc2cccc(Cl)c2)CCCN(Cc2cnc[nH]2)C1. The lowest BCUT2D eigenvalue weighted by atomic mass is 9.75. The van der Waals surface area contributed by atoms with Crippen LogP contribution in [0.2, 0.25) is 5.02 Å². The Hall–Kier alpha value is -1.85. The summed E-state index contributed by atoms with van der Waals surface area (Å²) >= 11 is 6.13. The highest BCUT2D eigenvalue weighted by Crippen LogP contribution is 2.36. The predicted octanol–water partition coefficient (Wildman–Crippen LogP) is 3.45. The molecule has 1 N–H and O–H groups in total. The number of aromatic amines is 1. The van der Waals surface area contributed by atoms with Crippen molar-refractivity contribution in [3.63, 3.8) is 0 Å². The van der Waals surface area contributed by atoms with Crippen LogP contribution >= 0.6 is 11.6 Å². The van der Waals surface area contributed by atoms with E-state index in [2.05, 4.69) is 14.9 Å². The van der Waals surface area contributed by atoms with Crippen LogP contribution in [0.1, 0.15) is 31.0 Å². The molecule has 2 heterocycles. The molecule has 0 bridgehead atoms. The number of nitrogens with zero attached hydrogens (tertiary/aromatic N) is 2. The zero-order chi connectivity index (χ0) is 17.7. The van der Waals surface area contributed by atoms with Crippen molar-refractivity contribution >= 4 is 17.6 Å². The van der Waals surface area contributed by atoms with Crippen molar-refractivity contribution < 1.29 is 9.53 Å². The van der Waals surface area contributed by atoms with Crippen LogP contribution in [0.3, 0.4) is 0 Å². The fourth-order valence-electron chi connectivity index (χ4n) is 3.68. The molecule has 1 aliphatic heterocycles. The van der Waals surface area contributed by atoms with Crippen LogP contribution in [-0.2, 0) is 22.5 Å². The summed E-state index contributed by atoms with van der Waals surface area (Å²) in [7, 11) is 0. The molecule has 0 aliphatic carbocycles. The highest BCUT2D eigenvalue weighted by atomic mass is 35.5. The third-order valence-corrected chi connectivity index (χ3v) is 4.98. The molecule has 2 aromatic rings. The third-order valence-electron chi connectivity index (χ3n) is 4.74. The van der Waals surface area contributed by atoms with Crippen LogP contribution in [0.5, 0.6) is 0 Å². The summed E-state index contributed by atoms with van der Waals surface area (Å²) < 4.78 is 5.45. The van der Waals surface area contributed by atoms with Gasteiger partial charge >= 0.3 is 5.97 Å². The number of aromatic nitrogens is 2. The average Bonchev–Trinajstić information content (AvgIpc) is 3.08. The zero-order valence-corrected chi connectivity index (χ0v) is 15.3. The van der Waals surface area contributed by atoms with Crippen LogP contribution in [0.4, 0.5) is 0 Å². The van der Waals surface area contributed by atoms with E-state index < -0.39 is 5.41 Å². The lowest BCUT2D eigenvalue weighted by Crippen LogP contribution is -2.49. The number of esters is 1. The molecule has 0 amide bonds. The van der Waals surface area contributed by atoms with E-state index in [0.29, 0.717) is 24.6 Å². The maximum atomic E-state index is 12.9. The molecule has 1 aliphatic rings. The Morgan fingerprint density at radius 2 is 2.36 bits per heavy atom. The number of hydrogen-bond donors (Lipinski definition) is 1. The van der Waals surface area contributed by atoms with Gasteiger partial charge in [-0.2, -0.15) is 0 Å². The van der Waals surface area contributed by atoms with Gasteiger partial charge in [-0.25, -0.2) is 4.98 Å². The van der Waals surface area contributed by atoms with Gasteiger partial charge in [-0.05, 0) is 50.4 Å². The van der Waals surface area contributed by atoms with Gasteiger partial charge in [-0.15, -0.1) is 0 Å². The minimum atomic E-state index is -0.529. The van der Waals surface area contributed by atoms with Crippen LogP contribution in [0, 0.1) is 5.41 Å². The van der Waals surface area contributed by atoms with Crippen molar-refractivity contribution in [2.24, 2.45) is 5.41 Å². The van der Waals surface area contributed by atoms with E-state index in [4.69, 9.17) is 16.3 Å². The maximum Gasteiger partial charge on any atom is 0.313 e. The molecule has 0 saturated carbocycles. The molecule has 5 nitrogen and oxygen atoms in total. The van der Waals surface area contributed by atoms with Gasteiger partial charge in [0.2, 0.25) is 0 Å². The fourth-order valence-corrected chi connectivity index (χ4v) is 3.89. The number of hydrogen-bond acceptors (Lipinski definition) is 4. The summed E-state index contributed by atoms with van der Waals surface area (Å²) in [6.07, 6.45) is 5.96. The van der Waals surface area contributed by atoms with Crippen LogP contribution < -0.4 is 0 Å². The highest BCUT2D eigenvalue weighted by molar-refractivity contribution is 6.30. The van der Waals surface area contributed by atoms with Gasteiger partial charge in [0.15, 0.2) is 0 Å². The topological polar surface area (TPSA) is 58.2 Å². The Bertz CT molecular complexity index is 704. The summed E-state index contributed by atoms with van der Waals surface area (Å²) in [6.45, 7) is 4.66. The van der Waals surface area contributed by atoms with Gasteiger partial charge < -0.3 is 9.72 Å². The Morgan fingerprint density at radius 3 is 3.08 bits per heavy atom. The molecule has 1 fully saturated rings. The molecule has 1 aromatic carbocycles. The first-order valence-electron chi connectivity index (χ1n) is 8.72. The van der Waals surface area contributed by atoms with Gasteiger partial charge in [0, 0.05) is 30.0 Å². The molecule has 1 atom stereocenters. The largest absolute Gasteiger partial charge is 0.466 e. The molecule has 0 radical (unpaired) electrons. The third kappa shape index (κ3) is 4.41. The summed E-state index contributed by atoms with van der Waals surface area (Å²) in [5.41, 5.74) is 1.60. The summed E-state index contributed by atoms with van der Waals surface area (Å²) in [4.78, 5) is 22.4. The number of ether oxygens (including phenoxy) is 1. The normalized spacial score (nSPS) is 21.2. The number of carbonyl (C=O) groups is 1. The van der Waals surface area contributed by atoms with Crippen LogP contribution in [0.15, 0.2) is 36.8 Å². The highest BCUT2D eigenvalue weighted by Gasteiger charge is 2.43. The van der Waals surface area contributed by atoms with Gasteiger partial charge in [0.05, 0.1) is 18.3 Å². The fraction of sp³-hybridized carbons (Fsp3) is 0.474. The second kappa shape index (κ2) is 8.02. The first-order chi connectivity index (χ1) is 12.1. The summed E-state index contributed by atoms with van der Waals surface area (Å²) in [5.74, 6) is -0.107. The number of piperidine rings is 1. The first kappa shape index (κ1) is 18.0. The Balaban J connectivity index is 1.81. The lowest BCUT2D eigenvalue weighted by molar-refractivity contribution is -0.159. The number of nitrogens with one attached hydrogen (secondary N) is 1. The van der Waals surface area contributed by atoms with E-state index in [9.17, 15) is 4.79 Å².